The lowest BCUT2D eigenvalue weighted by atomic mass is 9.85. The van der Waals surface area contributed by atoms with E-state index in [-0.39, 0.29) is 23.7 Å². The van der Waals surface area contributed by atoms with Crippen LogP contribution in [0.2, 0.25) is 0 Å². The van der Waals surface area contributed by atoms with Crippen molar-refractivity contribution >= 4 is 11.8 Å². The Morgan fingerprint density at radius 1 is 0.950 bits per heavy atom. The lowest BCUT2D eigenvalue weighted by molar-refractivity contribution is -0.140. The molecule has 2 bridgehead atoms. The number of imide groups is 1. The van der Waals surface area contributed by atoms with Crippen molar-refractivity contribution in [3.05, 3.63) is 48.0 Å². The molecule has 0 radical (unpaired) electrons. The summed E-state index contributed by atoms with van der Waals surface area (Å²) in [6.07, 6.45) is 6.02. The standard InChI is InChI=1S/C17H17NO2/c19-16-14-12-6-7-13(10-12)15(14)17(20)18(16)9-8-11-4-2-1-3-5-11/h1-7,12-15H,8-10H2/t12-,13+,14+,15-. The predicted molar refractivity (Wildman–Crippen MR) is 74.6 cm³/mol. The van der Waals surface area contributed by atoms with Crippen LogP contribution < -0.4 is 0 Å². The maximum absolute atomic E-state index is 12.5. The van der Waals surface area contributed by atoms with Gasteiger partial charge in [-0.2, -0.15) is 0 Å². The van der Waals surface area contributed by atoms with Crippen molar-refractivity contribution in [3.8, 4) is 0 Å². The van der Waals surface area contributed by atoms with Crippen LogP contribution in [-0.4, -0.2) is 23.3 Å². The van der Waals surface area contributed by atoms with Crippen molar-refractivity contribution in [1.29, 1.82) is 0 Å². The van der Waals surface area contributed by atoms with E-state index in [9.17, 15) is 9.59 Å². The zero-order valence-electron chi connectivity index (χ0n) is 11.2. The van der Waals surface area contributed by atoms with Crippen LogP contribution in [0.1, 0.15) is 12.0 Å². The molecule has 1 heterocycles. The summed E-state index contributed by atoms with van der Waals surface area (Å²) in [5, 5.41) is 0. The Kier molecular flexibility index (Phi) is 2.56. The number of hydrogen-bond donors (Lipinski definition) is 0. The van der Waals surface area contributed by atoms with Crippen molar-refractivity contribution in [3.63, 3.8) is 0 Å². The molecular formula is C17H17NO2. The highest BCUT2D eigenvalue weighted by molar-refractivity contribution is 6.06. The Labute approximate surface area is 118 Å². The molecule has 20 heavy (non-hydrogen) atoms. The molecule has 1 saturated heterocycles. The second-order valence-electron chi connectivity index (χ2n) is 6.06. The molecule has 1 saturated carbocycles. The van der Waals surface area contributed by atoms with Gasteiger partial charge >= 0.3 is 0 Å². The zero-order chi connectivity index (χ0) is 13.7. The second-order valence-corrected chi connectivity index (χ2v) is 6.06. The summed E-state index contributed by atoms with van der Waals surface area (Å²) in [6, 6.07) is 10.0. The molecule has 1 aromatic rings. The van der Waals surface area contributed by atoms with E-state index in [2.05, 4.69) is 12.2 Å². The number of hydrogen-bond acceptors (Lipinski definition) is 2. The lowest BCUT2D eigenvalue weighted by Gasteiger charge is -2.17. The molecule has 1 aliphatic heterocycles. The monoisotopic (exact) mass is 267 g/mol. The molecule has 2 aliphatic carbocycles. The van der Waals surface area contributed by atoms with Crippen LogP contribution in [0.4, 0.5) is 0 Å². The Balaban J connectivity index is 1.51. The molecule has 0 unspecified atom stereocenters. The number of likely N-dealkylation sites (tertiary alicyclic amines) is 1. The summed E-state index contributed by atoms with van der Waals surface area (Å²) in [5.74, 6) is 0.619. The number of amides is 2. The van der Waals surface area contributed by atoms with Gasteiger partial charge in [-0.25, -0.2) is 0 Å². The number of benzene rings is 1. The Morgan fingerprint density at radius 3 is 2.15 bits per heavy atom. The molecule has 102 valence electrons. The molecule has 2 amide bonds. The Bertz CT molecular complexity index is 562. The van der Waals surface area contributed by atoms with Gasteiger partial charge in [0.1, 0.15) is 0 Å². The van der Waals surface area contributed by atoms with Crippen LogP contribution in [0.3, 0.4) is 0 Å². The molecule has 3 nitrogen and oxygen atoms in total. The minimum atomic E-state index is -0.0618. The highest BCUT2D eigenvalue weighted by Crippen LogP contribution is 2.52. The van der Waals surface area contributed by atoms with Gasteiger partial charge in [0.25, 0.3) is 0 Å². The van der Waals surface area contributed by atoms with E-state index in [1.165, 1.54) is 10.5 Å². The Morgan fingerprint density at radius 2 is 1.55 bits per heavy atom. The number of carbonyl (C=O) groups is 2. The minimum absolute atomic E-state index is 0.0618. The Hall–Kier alpha value is -1.90. The highest BCUT2D eigenvalue weighted by atomic mass is 16.2. The summed E-state index contributed by atoms with van der Waals surface area (Å²) in [4.78, 5) is 26.5. The quantitative estimate of drug-likeness (QED) is 0.621. The molecule has 0 N–H and O–H groups in total. The fourth-order valence-electron chi connectivity index (χ4n) is 4.07. The third-order valence-electron chi connectivity index (χ3n) is 5.03. The third-order valence-corrected chi connectivity index (χ3v) is 5.03. The molecule has 0 spiro atoms. The highest BCUT2D eigenvalue weighted by Gasteiger charge is 2.58. The molecule has 4 rings (SSSR count). The largest absolute Gasteiger partial charge is 0.282 e. The summed E-state index contributed by atoms with van der Waals surface area (Å²) in [5.41, 5.74) is 1.17. The van der Waals surface area contributed by atoms with E-state index in [0.29, 0.717) is 18.4 Å². The lowest BCUT2D eigenvalue weighted by Crippen LogP contribution is -2.34. The van der Waals surface area contributed by atoms with Crippen LogP contribution in [0.25, 0.3) is 0 Å². The van der Waals surface area contributed by atoms with Gasteiger partial charge in [-0.05, 0) is 30.2 Å². The maximum Gasteiger partial charge on any atom is 0.233 e. The number of nitrogens with zero attached hydrogens (tertiary/aromatic N) is 1. The molecule has 1 aromatic carbocycles. The molecule has 2 fully saturated rings. The van der Waals surface area contributed by atoms with E-state index in [1.807, 2.05) is 30.3 Å². The summed E-state index contributed by atoms with van der Waals surface area (Å²) in [7, 11) is 0. The van der Waals surface area contributed by atoms with Crippen LogP contribution >= 0.6 is 0 Å². The first-order chi connectivity index (χ1) is 9.75. The van der Waals surface area contributed by atoms with E-state index in [1.54, 1.807) is 0 Å². The van der Waals surface area contributed by atoms with Crippen molar-refractivity contribution in [2.75, 3.05) is 6.54 Å². The summed E-state index contributed by atoms with van der Waals surface area (Å²) >= 11 is 0. The van der Waals surface area contributed by atoms with Crippen LogP contribution in [0.5, 0.6) is 0 Å². The van der Waals surface area contributed by atoms with Gasteiger partial charge in [0.05, 0.1) is 11.8 Å². The third kappa shape index (κ3) is 1.59. The average molecular weight is 267 g/mol. The fourth-order valence-corrected chi connectivity index (χ4v) is 4.07. The van der Waals surface area contributed by atoms with Gasteiger partial charge in [-0.3, -0.25) is 14.5 Å². The van der Waals surface area contributed by atoms with Gasteiger partial charge in [0.15, 0.2) is 0 Å². The first-order valence-corrected chi connectivity index (χ1v) is 7.33. The molecular weight excluding hydrogens is 250 g/mol. The average Bonchev–Trinajstić information content (AvgIpc) is 3.13. The number of fused-ring (bicyclic) bond motifs is 5. The molecule has 0 aromatic heterocycles. The summed E-state index contributed by atoms with van der Waals surface area (Å²) < 4.78 is 0. The first-order valence-electron chi connectivity index (χ1n) is 7.33. The van der Waals surface area contributed by atoms with Gasteiger partial charge in [-0.15, -0.1) is 0 Å². The van der Waals surface area contributed by atoms with Gasteiger partial charge < -0.3 is 0 Å². The fraction of sp³-hybridized carbons (Fsp3) is 0.412. The van der Waals surface area contributed by atoms with Crippen molar-refractivity contribution in [2.45, 2.75) is 12.8 Å². The number of allylic oxidation sites excluding steroid dienone is 2. The molecule has 3 aliphatic rings. The second kappa shape index (κ2) is 4.30. The number of rotatable bonds is 3. The number of carbonyl (C=O) groups excluding carboxylic acids is 2. The predicted octanol–water partition coefficient (Wildman–Crippen LogP) is 2.04. The minimum Gasteiger partial charge on any atom is -0.282 e. The first kappa shape index (κ1) is 11.9. The molecule has 4 atom stereocenters. The van der Waals surface area contributed by atoms with E-state index < -0.39 is 0 Å². The topological polar surface area (TPSA) is 37.4 Å². The SMILES string of the molecule is O=C1[C@@H]2[C@H](C(=O)N1CCc1ccccc1)[C@H]1C=C[C@@H]2C1. The van der Waals surface area contributed by atoms with Crippen LogP contribution in [0.15, 0.2) is 42.5 Å². The van der Waals surface area contributed by atoms with E-state index in [4.69, 9.17) is 0 Å². The smallest absolute Gasteiger partial charge is 0.233 e. The maximum atomic E-state index is 12.5. The van der Waals surface area contributed by atoms with Gasteiger partial charge in [-0.1, -0.05) is 42.5 Å². The van der Waals surface area contributed by atoms with Gasteiger partial charge in [0.2, 0.25) is 11.8 Å². The van der Waals surface area contributed by atoms with E-state index in [0.717, 1.165) is 12.8 Å². The van der Waals surface area contributed by atoms with Crippen LogP contribution in [-0.2, 0) is 16.0 Å². The van der Waals surface area contributed by atoms with Crippen molar-refractivity contribution in [2.24, 2.45) is 23.7 Å². The normalized spacial score (nSPS) is 34.1. The zero-order valence-corrected chi connectivity index (χ0v) is 11.2. The van der Waals surface area contributed by atoms with Gasteiger partial charge in [0, 0.05) is 6.54 Å². The molecule has 3 heteroatoms. The van der Waals surface area contributed by atoms with E-state index >= 15 is 0 Å². The van der Waals surface area contributed by atoms with Crippen molar-refractivity contribution < 1.29 is 9.59 Å². The van der Waals surface area contributed by atoms with Crippen molar-refractivity contribution in [1.82, 2.24) is 4.90 Å². The summed E-state index contributed by atoms with van der Waals surface area (Å²) in [6.45, 7) is 0.522. The van der Waals surface area contributed by atoms with Crippen LogP contribution in [0, 0.1) is 23.7 Å².